The van der Waals surface area contributed by atoms with E-state index in [1.807, 2.05) is 39.1 Å². The van der Waals surface area contributed by atoms with Crippen molar-refractivity contribution in [3.8, 4) is 0 Å². The predicted molar refractivity (Wildman–Crippen MR) is 82.1 cm³/mol. The average Bonchev–Trinajstić information content (AvgIpc) is 2.91. The summed E-state index contributed by atoms with van der Waals surface area (Å²) >= 11 is 0. The number of aryl methyl sites for hydroxylation is 3. The molecule has 1 heterocycles. The first-order valence-corrected chi connectivity index (χ1v) is 7.16. The first-order chi connectivity index (χ1) is 9.97. The van der Waals surface area contributed by atoms with Crippen LogP contribution in [0.25, 0.3) is 0 Å². The van der Waals surface area contributed by atoms with Crippen LogP contribution in [0.1, 0.15) is 45.3 Å². The average molecular weight is 284 g/mol. The summed E-state index contributed by atoms with van der Waals surface area (Å²) in [7, 11) is 1.85. The molecule has 1 amide bonds. The Morgan fingerprint density at radius 3 is 2.86 bits per heavy atom. The number of hydrogen-bond acceptors (Lipinski definition) is 3. The van der Waals surface area contributed by atoms with Crippen molar-refractivity contribution in [2.24, 2.45) is 7.05 Å². The van der Waals surface area contributed by atoms with E-state index >= 15 is 0 Å². The second-order valence-corrected chi connectivity index (χ2v) is 5.69. The van der Waals surface area contributed by atoms with Gasteiger partial charge in [-0.05, 0) is 49.9 Å². The van der Waals surface area contributed by atoms with E-state index < -0.39 is 0 Å². The molecule has 5 heteroatoms. The Labute approximate surface area is 124 Å². The summed E-state index contributed by atoms with van der Waals surface area (Å²) in [5, 5.41) is 7.43. The van der Waals surface area contributed by atoms with Crippen molar-refractivity contribution >= 4 is 11.6 Å². The molecule has 110 valence electrons. The molecule has 1 atom stereocenters. The van der Waals surface area contributed by atoms with Gasteiger partial charge in [0.15, 0.2) is 0 Å². The van der Waals surface area contributed by atoms with Crippen molar-refractivity contribution in [2.75, 3.05) is 5.73 Å². The molecule has 0 fully saturated rings. The number of fused-ring (bicyclic) bond motifs is 1. The molecule has 1 aromatic carbocycles. The van der Waals surface area contributed by atoms with Crippen LogP contribution in [0, 0.1) is 13.8 Å². The highest BCUT2D eigenvalue weighted by molar-refractivity contribution is 5.96. The molecule has 5 nitrogen and oxygen atoms in total. The Bertz CT molecular complexity index is 717. The summed E-state index contributed by atoms with van der Waals surface area (Å²) in [4.78, 5) is 12.5. The number of aromatic nitrogens is 2. The van der Waals surface area contributed by atoms with Gasteiger partial charge in [0, 0.05) is 18.4 Å². The Morgan fingerprint density at radius 1 is 1.43 bits per heavy atom. The summed E-state index contributed by atoms with van der Waals surface area (Å²) < 4.78 is 1.74. The van der Waals surface area contributed by atoms with Gasteiger partial charge in [-0.25, -0.2) is 0 Å². The van der Waals surface area contributed by atoms with E-state index in [9.17, 15) is 4.79 Å². The normalized spacial score (nSPS) is 16.8. The fourth-order valence-corrected chi connectivity index (χ4v) is 3.12. The van der Waals surface area contributed by atoms with Crippen molar-refractivity contribution in [3.05, 3.63) is 46.3 Å². The van der Waals surface area contributed by atoms with E-state index in [2.05, 4.69) is 10.4 Å². The van der Waals surface area contributed by atoms with E-state index in [-0.39, 0.29) is 11.9 Å². The molecular weight excluding hydrogens is 264 g/mol. The monoisotopic (exact) mass is 284 g/mol. The van der Waals surface area contributed by atoms with Gasteiger partial charge in [-0.3, -0.25) is 9.48 Å². The quantitative estimate of drug-likeness (QED) is 0.829. The van der Waals surface area contributed by atoms with Crippen molar-refractivity contribution in [1.82, 2.24) is 15.1 Å². The fraction of sp³-hybridized carbons (Fsp3) is 0.375. The number of anilines is 1. The number of nitrogens with zero attached hydrogens (tertiary/aromatic N) is 2. The van der Waals surface area contributed by atoms with Gasteiger partial charge in [-0.2, -0.15) is 5.10 Å². The lowest BCUT2D eigenvalue weighted by atomic mass is 10.1. The molecule has 0 saturated carbocycles. The molecule has 0 bridgehead atoms. The second-order valence-electron chi connectivity index (χ2n) is 5.69. The number of benzene rings is 1. The van der Waals surface area contributed by atoms with E-state index in [1.165, 1.54) is 11.1 Å². The molecule has 3 N–H and O–H groups in total. The van der Waals surface area contributed by atoms with E-state index in [1.54, 1.807) is 4.68 Å². The van der Waals surface area contributed by atoms with Gasteiger partial charge >= 0.3 is 0 Å². The first kappa shape index (κ1) is 13.7. The van der Waals surface area contributed by atoms with Gasteiger partial charge in [0.2, 0.25) is 0 Å². The summed E-state index contributed by atoms with van der Waals surface area (Å²) in [6.45, 7) is 3.78. The summed E-state index contributed by atoms with van der Waals surface area (Å²) in [5.74, 6) is -0.0484. The molecule has 3 rings (SSSR count). The molecule has 0 saturated heterocycles. The lowest BCUT2D eigenvalue weighted by molar-refractivity contribution is 0.0935. The number of amides is 1. The van der Waals surface area contributed by atoms with Crippen LogP contribution < -0.4 is 11.1 Å². The summed E-state index contributed by atoms with van der Waals surface area (Å²) in [5.41, 5.74) is 11.3. The number of hydrogen-bond donors (Lipinski definition) is 2. The lowest BCUT2D eigenvalue weighted by Gasteiger charge is -2.14. The van der Waals surface area contributed by atoms with Gasteiger partial charge in [-0.15, -0.1) is 0 Å². The van der Waals surface area contributed by atoms with Crippen LogP contribution in [0.2, 0.25) is 0 Å². The van der Waals surface area contributed by atoms with Gasteiger partial charge in [0.25, 0.3) is 5.91 Å². The highest BCUT2D eigenvalue weighted by Gasteiger charge is 2.26. The standard InChI is InChI=1S/C16H20N4O/c1-9-15(10(2)20(3)19-9)16(21)18-14-7-4-11-8-12(17)5-6-13(11)14/h5-6,8,14H,4,7,17H2,1-3H3,(H,18,21). The molecule has 21 heavy (non-hydrogen) atoms. The van der Waals surface area contributed by atoms with Gasteiger partial charge < -0.3 is 11.1 Å². The van der Waals surface area contributed by atoms with Gasteiger partial charge in [0.05, 0.1) is 17.3 Å². The molecule has 1 aliphatic rings. The van der Waals surface area contributed by atoms with Crippen LogP contribution in [0.3, 0.4) is 0 Å². The zero-order valence-electron chi connectivity index (χ0n) is 12.6. The fourth-order valence-electron chi connectivity index (χ4n) is 3.12. The zero-order chi connectivity index (χ0) is 15.1. The summed E-state index contributed by atoms with van der Waals surface area (Å²) in [6, 6.07) is 5.98. The zero-order valence-corrected chi connectivity index (χ0v) is 12.6. The SMILES string of the molecule is Cc1nn(C)c(C)c1C(=O)NC1CCc2cc(N)ccc21. The number of nitrogen functional groups attached to an aromatic ring is 1. The maximum absolute atomic E-state index is 12.5. The van der Waals surface area contributed by atoms with Crippen molar-refractivity contribution < 1.29 is 4.79 Å². The van der Waals surface area contributed by atoms with E-state index in [0.717, 1.165) is 29.9 Å². The largest absolute Gasteiger partial charge is 0.399 e. The van der Waals surface area contributed by atoms with Crippen molar-refractivity contribution in [3.63, 3.8) is 0 Å². The third-order valence-corrected chi connectivity index (χ3v) is 4.29. The van der Waals surface area contributed by atoms with Crippen molar-refractivity contribution in [2.45, 2.75) is 32.7 Å². The number of carbonyl (C=O) groups excluding carboxylic acids is 1. The summed E-state index contributed by atoms with van der Waals surface area (Å²) in [6.07, 6.45) is 1.87. The maximum Gasteiger partial charge on any atom is 0.255 e. The minimum Gasteiger partial charge on any atom is -0.399 e. The molecule has 1 unspecified atom stereocenters. The number of carbonyl (C=O) groups is 1. The van der Waals surface area contributed by atoms with E-state index in [0.29, 0.717) is 5.56 Å². The molecule has 2 aromatic rings. The first-order valence-electron chi connectivity index (χ1n) is 7.16. The van der Waals surface area contributed by atoms with Gasteiger partial charge in [0.1, 0.15) is 0 Å². The smallest absolute Gasteiger partial charge is 0.255 e. The second kappa shape index (κ2) is 4.91. The van der Waals surface area contributed by atoms with Crippen LogP contribution in [-0.2, 0) is 13.5 Å². The Kier molecular flexibility index (Phi) is 3.20. The minimum atomic E-state index is -0.0484. The maximum atomic E-state index is 12.5. The highest BCUT2D eigenvalue weighted by Crippen LogP contribution is 2.32. The number of nitrogens with one attached hydrogen (secondary N) is 1. The Hall–Kier alpha value is -2.30. The third kappa shape index (κ3) is 2.28. The third-order valence-electron chi connectivity index (χ3n) is 4.29. The van der Waals surface area contributed by atoms with Crippen LogP contribution >= 0.6 is 0 Å². The minimum absolute atomic E-state index is 0.0484. The van der Waals surface area contributed by atoms with Crippen LogP contribution in [0.15, 0.2) is 18.2 Å². The molecule has 0 radical (unpaired) electrons. The topological polar surface area (TPSA) is 72.9 Å². The number of nitrogens with two attached hydrogens (primary N) is 1. The Morgan fingerprint density at radius 2 is 2.19 bits per heavy atom. The Balaban J connectivity index is 1.84. The molecule has 0 aliphatic heterocycles. The van der Waals surface area contributed by atoms with Crippen LogP contribution in [0.4, 0.5) is 5.69 Å². The van der Waals surface area contributed by atoms with Gasteiger partial charge in [-0.1, -0.05) is 6.07 Å². The molecular formula is C16H20N4O. The highest BCUT2D eigenvalue weighted by atomic mass is 16.1. The van der Waals surface area contributed by atoms with Crippen LogP contribution in [-0.4, -0.2) is 15.7 Å². The molecule has 1 aromatic heterocycles. The van der Waals surface area contributed by atoms with E-state index in [4.69, 9.17) is 5.73 Å². The van der Waals surface area contributed by atoms with Crippen molar-refractivity contribution in [1.29, 1.82) is 0 Å². The molecule has 0 spiro atoms. The lowest BCUT2D eigenvalue weighted by Crippen LogP contribution is -2.28. The number of rotatable bonds is 2. The predicted octanol–water partition coefficient (Wildman–Crippen LogP) is 2.04. The van der Waals surface area contributed by atoms with Crippen LogP contribution in [0.5, 0.6) is 0 Å². The molecule has 1 aliphatic carbocycles.